The number of anilines is 2. The van der Waals surface area contributed by atoms with Crippen LogP contribution < -0.4 is 10.2 Å². The highest BCUT2D eigenvalue weighted by atomic mass is 32.1. The Labute approximate surface area is 180 Å². The Morgan fingerprint density at radius 2 is 1.97 bits per heavy atom. The Balaban J connectivity index is 1.85. The minimum Gasteiger partial charge on any atom is -0.462 e. The summed E-state index contributed by atoms with van der Waals surface area (Å²) in [6.45, 7) is 9.56. The molecule has 0 aliphatic carbocycles. The number of thiophene rings is 2. The van der Waals surface area contributed by atoms with Gasteiger partial charge in [-0.2, -0.15) is 5.26 Å². The monoisotopic (exact) mass is 448 g/mol. The van der Waals surface area contributed by atoms with Gasteiger partial charge >= 0.3 is 5.97 Å². The molecular formula is C19H20N4O3S3. The smallest absolute Gasteiger partial charge is 0.348 e. The van der Waals surface area contributed by atoms with Crippen LogP contribution in [0.5, 0.6) is 0 Å². The predicted molar refractivity (Wildman–Crippen MR) is 119 cm³/mol. The third kappa shape index (κ3) is 4.12. The third-order valence-corrected chi connectivity index (χ3v) is 7.69. The number of amides is 1. The van der Waals surface area contributed by atoms with Crippen LogP contribution in [-0.4, -0.2) is 36.6 Å². The van der Waals surface area contributed by atoms with Crippen molar-refractivity contribution in [2.45, 2.75) is 27.7 Å². The number of ether oxygens (including phenoxy) is 1. The number of nitrogens with zero attached hydrogens (tertiary/aromatic N) is 3. The number of nitrogens with one attached hydrogen (secondary N) is 1. The quantitative estimate of drug-likeness (QED) is 0.518. The van der Waals surface area contributed by atoms with Gasteiger partial charge in [0.25, 0.3) is 5.91 Å². The van der Waals surface area contributed by atoms with Gasteiger partial charge in [0.2, 0.25) is 0 Å². The molecule has 3 aromatic rings. The summed E-state index contributed by atoms with van der Waals surface area (Å²) in [4.78, 5) is 33.3. The lowest BCUT2D eigenvalue weighted by molar-refractivity contribution is 0.0531. The summed E-state index contributed by atoms with van der Waals surface area (Å²) < 4.78 is 5.99. The molecule has 0 fully saturated rings. The van der Waals surface area contributed by atoms with Crippen LogP contribution in [0.1, 0.15) is 51.2 Å². The van der Waals surface area contributed by atoms with Crippen molar-refractivity contribution in [3.8, 4) is 6.07 Å². The molecule has 0 radical (unpaired) electrons. The molecule has 29 heavy (non-hydrogen) atoms. The van der Waals surface area contributed by atoms with Crippen LogP contribution in [0.15, 0.2) is 6.07 Å². The molecule has 0 saturated carbocycles. The van der Waals surface area contributed by atoms with Crippen molar-refractivity contribution >= 4 is 65.5 Å². The van der Waals surface area contributed by atoms with Crippen LogP contribution in [0.3, 0.4) is 0 Å². The number of carbonyl (C=O) groups excluding carboxylic acids is 2. The maximum atomic E-state index is 12.7. The molecule has 1 amide bonds. The molecule has 1 N–H and O–H groups in total. The largest absolute Gasteiger partial charge is 0.462 e. The Morgan fingerprint density at radius 1 is 1.24 bits per heavy atom. The van der Waals surface area contributed by atoms with E-state index in [4.69, 9.17) is 4.74 Å². The summed E-state index contributed by atoms with van der Waals surface area (Å²) in [6, 6.07) is 3.89. The number of carbonyl (C=O) groups is 2. The van der Waals surface area contributed by atoms with E-state index in [0.29, 0.717) is 20.3 Å². The van der Waals surface area contributed by atoms with Crippen molar-refractivity contribution in [1.29, 1.82) is 5.26 Å². The molecule has 10 heteroatoms. The molecule has 152 valence electrons. The molecular weight excluding hydrogens is 428 g/mol. The van der Waals surface area contributed by atoms with Gasteiger partial charge in [-0.3, -0.25) is 4.79 Å². The number of thiazole rings is 1. The molecule has 0 unspecified atom stereocenters. The second kappa shape index (κ2) is 8.90. The number of nitriles is 1. The van der Waals surface area contributed by atoms with Gasteiger partial charge in [0.05, 0.1) is 21.7 Å². The van der Waals surface area contributed by atoms with Crippen LogP contribution in [0.25, 0.3) is 9.53 Å². The summed E-state index contributed by atoms with van der Waals surface area (Å²) in [5, 5.41) is 13.5. The van der Waals surface area contributed by atoms with Crippen molar-refractivity contribution < 1.29 is 14.3 Å². The van der Waals surface area contributed by atoms with E-state index in [1.165, 1.54) is 11.3 Å². The van der Waals surface area contributed by atoms with E-state index in [1.54, 1.807) is 25.2 Å². The summed E-state index contributed by atoms with van der Waals surface area (Å²) in [5.41, 5.74) is 0.802. The maximum absolute atomic E-state index is 12.7. The van der Waals surface area contributed by atoms with Gasteiger partial charge < -0.3 is 15.0 Å². The van der Waals surface area contributed by atoms with Gasteiger partial charge in [0, 0.05) is 13.1 Å². The number of hydrogen-bond acceptors (Lipinski definition) is 9. The number of esters is 1. The maximum Gasteiger partial charge on any atom is 0.348 e. The highest BCUT2D eigenvalue weighted by Crippen LogP contribution is 2.36. The highest BCUT2D eigenvalue weighted by molar-refractivity contribution is 7.29. The topological polar surface area (TPSA) is 95.3 Å². The van der Waals surface area contributed by atoms with Gasteiger partial charge in [-0.1, -0.05) is 11.3 Å². The van der Waals surface area contributed by atoms with E-state index < -0.39 is 5.97 Å². The minimum atomic E-state index is -0.489. The molecule has 0 atom stereocenters. The summed E-state index contributed by atoms with van der Waals surface area (Å²) >= 11 is 3.93. The van der Waals surface area contributed by atoms with Gasteiger partial charge in [-0.05, 0) is 39.3 Å². The van der Waals surface area contributed by atoms with Crippen LogP contribution in [0.2, 0.25) is 0 Å². The molecule has 3 aromatic heterocycles. The lowest BCUT2D eigenvalue weighted by Gasteiger charge is -2.16. The first kappa shape index (κ1) is 21.2. The molecule has 0 aliphatic rings. The zero-order chi connectivity index (χ0) is 21.1. The molecule has 0 spiro atoms. The normalized spacial score (nSPS) is 10.7. The summed E-state index contributed by atoms with van der Waals surface area (Å²) in [7, 11) is 0. The van der Waals surface area contributed by atoms with E-state index in [0.717, 1.165) is 39.1 Å². The zero-order valence-corrected chi connectivity index (χ0v) is 18.9. The van der Waals surface area contributed by atoms with Crippen molar-refractivity contribution in [3.63, 3.8) is 0 Å². The predicted octanol–water partition coefficient (Wildman–Crippen LogP) is 4.87. The molecule has 3 rings (SSSR count). The van der Waals surface area contributed by atoms with E-state index in [1.807, 2.05) is 6.07 Å². The Kier molecular flexibility index (Phi) is 6.52. The fraction of sp³-hybridized carbons (Fsp3) is 0.368. The SMILES string of the molecule is CCOC(=O)c1sc(NC(=O)c2cc3sc(N(CC)CC)nc3s2)c(C#N)c1C. The minimum absolute atomic E-state index is 0.244. The number of rotatable bonds is 7. The van der Waals surface area contributed by atoms with Crippen LogP contribution >= 0.6 is 34.0 Å². The van der Waals surface area contributed by atoms with Crippen LogP contribution in [0, 0.1) is 18.3 Å². The Hall–Kier alpha value is -2.48. The van der Waals surface area contributed by atoms with Gasteiger partial charge in [-0.25, -0.2) is 9.78 Å². The van der Waals surface area contributed by atoms with Gasteiger partial charge in [0.15, 0.2) is 5.13 Å². The van der Waals surface area contributed by atoms with E-state index in [-0.39, 0.29) is 18.1 Å². The number of hydrogen-bond donors (Lipinski definition) is 1. The van der Waals surface area contributed by atoms with Gasteiger partial charge in [0.1, 0.15) is 20.8 Å². The molecule has 3 heterocycles. The van der Waals surface area contributed by atoms with E-state index in [2.05, 4.69) is 35.1 Å². The third-order valence-electron chi connectivity index (χ3n) is 4.28. The highest BCUT2D eigenvalue weighted by Gasteiger charge is 2.23. The van der Waals surface area contributed by atoms with Crippen molar-refractivity contribution in [2.24, 2.45) is 0 Å². The Morgan fingerprint density at radius 3 is 2.55 bits per heavy atom. The van der Waals surface area contributed by atoms with Crippen molar-refractivity contribution in [1.82, 2.24) is 4.98 Å². The van der Waals surface area contributed by atoms with Crippen LogP contribution in [-0.2, 0) is 4.74 Å². The first-order valence-electron chi connectivity index (χ1n) is 9.10. The summed E-state index contributed by atoms with van der Waals surface area (Å²) in [6.07, 6.45) is 0. The molecule has 0 saturated heterocycles. The number of fused-ring (bicyclic) bond motifs is 1. The van der Waals surface area contributed by atoms with E-state index in [9.17, 15) is 14.9 Å². The molecule has 0 aromatic carbocycles. The standard InChI is InChI=1S/C19H20N4O3S3/c1-5-23(6-2)19-22-17-13(28-19)8-12(27-17)15(24)21-16-11(9-20)10(4)14(29-16)18(25)26-7-3/h8H,5-7H2,1-4H3,(H,21,24). The van der Waals surface area contributed by atoms with E-state index >= 15 is 0 Å². The lowest BCUT2D eigenvalue weighted by atomic mass is 10.2. The van der Waals surface area contributed by atoms with Crippen molar-refractivity contribution in [3.05, 3.63) is 26.9 Å². The Bertz CT molecular complexity index is 1070. The molecule has 0 bridgehead atoms. The second-order valence-electron chi connectivity index (χ2n) is 6.00. The zero-order valence-electron chi connectivity index (χ0n) is 16.5. The first-order valence-corrected chi connectivity index (χ1v) is 11.6. The second-order valence-corrected chi connectivity index (χ2v) is 9.06. The average Bonchev–Trinajstić information content (AvgIpc) is 3.34. The molecule has 0 aliphatic heterocycles. The number of aromatic nitrogens is 1. The lowest BCUT2D eigenvalue weighted by Crippen LogP contribution is -2.21. The average molecular weight is 449 g/mol. The fourth-order valence-corrected chi connectivity index (χ4v) is 6.04. The van der Waals surface area contributed by atoms with Crippen molar-refractivity contribution in [2.75, 3.05) is 29.9 Å². The fourth-order valence-electron chi connectivity index (χ4n) is 2.76. The summed E-state index contributed by atoms with van der Waals surface area (Å²) in [5.74, 6) is -0.811. The van der Waals surface area contributed by atoms with Crippen LogP contribution in [0.4, 0.5) is 10.1 Å². The molecule has 7 nitrogen and oxygen atoms in total. The first-order chi connectivity index (χ1) is 13.9. The van der Waals surface area contributed by atoms with Gasteiger partial charge in [-0.15, -0.1) is 22.7 Å².